The predicted molar refractivity (Wildman–Crippen MR) is 160 cm³/mol. The molecule has 215 valence electrons. The quantitative estimate of drug-likeness (QED) is 0.298. The van der Waals surface area contributed by atoms with Crippen molar-refractivity contribution in [1.82, 2.24) is 14.5 Å². The van der Waals surface area contributed by atoms with Crippen LogP contribution in [0, 0.1) is 25.2 Å². The van der Waals surface area contributed by atoms with E-state index in [9.17, 15) is 18.0 Å². The van der Waals surface area contributed by atoms with Gasteiger partial charge in [-0.1, -0.05) is 72.6 Å². The highest BCUT2D eigenvalue weighted by Crippen LogP contribution is 2.32. The Morgan fingerprint density at radius 2 is 1.66 bits per heavy atom. The van der Waals surface area contributed by atoms with Gasteiger partial charge in [0.2, 0.25) is 21.8 Å². The maximum Gasteiger partial charge on any atom is 0.245 e. The third-order valence-electron chi connectivity index (χ3n) is 6.39. The van der Waals surface area contributed by atoms with E-state index in [1.54, 1.807) is 36.1 Å². The lowest BCUT2D eigenvalue weighted by Crippen LogP contribution is -2.45. The number of halogens is 2. The van der Waals surface area contributed by atoms with Crippen LogP contribution in [-0.4, -0.2) is 55.6 Å². The van der Waals surface area contributed by atoms with Crippen LogP contribution in [0.5, 0.6) is 0 Å². The van der Waals surface area contributed by atoms with Gasteiger partial charge in [0.05, 0.1) is 29.7 Å². The Labute approximate surface area is 251 Å². The van der Waals surface area contributed by atoms with Crippen LogP contribution < -0.4 is 5.32 Å². The standard InChI is InChI=1S/C30H31Cl2N4O4S/c1-3-16-35(20-25-11-9-24(18-33)10-12-25)29(38)19-34-28(37)21-36(17-15-23-7-5-4-6-8-23)41(39,40)27-14-13-26(31)22(2)30(27)32/h4-14H,1,3,15-17,19-21H2,2H3,(H,34,37). The summed E-state index contributed by atoms with van der Waals surface area (Å²) in [7, 11) is -4.19. The first-order valence-corrected chi connectivity index (χ1v) is 15.1. The summed E-state index contributed by atoms with van der Waals surface area (Å²) in [4.78, 5) is 27.3. The lowest BCUT2D eigenvalue weighted by Gasteiger charge is -2.24. The Bertz CT molecular complexity index is 1510. The molecule has 2 amide bonds. The second-order valence-electron chi connectivity index (χ2n) is 9.31. The zero-order valence-electron chi connectivity index (χ0n) is 22.6. The maximum atomic E-state index is 13.7. The monoisotopic (exact) mass is 613 g/mol. The molecule has 0 bridgehead atoms. The molecule has 1 N–H and O–H groups in total. The third-order valence-corrected chi connectivity index (χ3v) is 9.29. The van der Waals surface area contributed by atoms with Gasteiger partial charge in [0.1, 0.15) is 4.90 Å². The van der Waals surface area contributed by atoms with Crippen LogP contribution in [0.15, 0.2) is 71.6 Å². The number of nitrogens with one attached hydrogen (secondary N) is 1. The molecule has 0 saturated heterocycles. The average molecular weight is 615 g/mol. The van der Waals surface area contributed by atoms with Gasteiger partial charge < -0.3 is 10.2 Å². The lowest BCUT2D eigenvalue weighted by atomic mass is 10.1. The first kappa shape index (κ1) is 32.1. The summed E-state index contributed by atoms with van der Waals surface area (Å²) in [5, 5.41) is 11.9. The van der Waals surface area contributed by atoms with Crippen molar-refractivity contribution in [3.63, 3.8) is 0 Å². The fourth-order valence-electron chi connectivity index (χ4n) is 4.05. The van der Waals surface area contributed by atoms with Crippen LogP contribution in [-0.2, 0) is 32.6 Å². The van der Waals surface area contributed by atoms with Crippen LogP contribution in [0.3, 0.4) is 0 Å². The van der Waals surface area contributed by atoms with Gasteiger partial charge in [-0.3, -0.25) is 9.59 Å². The molecule has 41 heavy (non-hydrogen) atoms. The summed E-state index contributed by atoms with van der Waals surface area (Å²) < 4.78 is 28.4. The van der Waals surface area contributed by atoms with Gasteiger partial charge in [0, 0.05) is 24.7 Å². The smallest absolute Gasteiger partial charge is 0.245 e. The Morgan fingerprint density at radius 1 is 0.976 bits per heavy atom. The van der Waals surface area contributed by atoms with Crippen molar-refractivity contribution in [3.05, 3.63) is 106 Å². The van der Waals surface area contributed by atoms with Crippen molar-refractivity contribution < 1.29 is 18.0 Å². The maximum absolute atomic E-state index is 13.7. The summed E-state index contributed by atoms with van der Waals surface area (Å²) in [6.07, 6.45) is 0.821. The number of sulfonamides is 1. The van der Waals surface area contributed by atoms with Crippen LogP contribution in [0.1, 0.15) is 28.7 Å². The van der Waals surface area contributed by atoms with Crippen molar-refractivity contribution in [2.24, 2.45) is 0 Å². The Hall–Kier alpha value is -3.42. The summed E-state index contributed by atoms with van der Waals surface area (Å²) in [5.41, 5.74) is 2.65. The number of amides is 2. The Kier molecular flexibility index (Phi) is 11.7. The molecule has 0 aliphatic heterocycles. The lowest BCUT2D eigenvalue weighted by molar-refractivity contribution is -0.133. The van der Waals surface area contributed by atoms with E-state index in [0.29, 0.717) is 35.5 Å². The third kappa shape index (κ3) is 8.78. The highest BCUT2D eigenvalue weighted by atomic mass is 35.5. The minimum absolute atomic E-state index is 0.00980. The molecule has 0 aliphatic carbocycles. The van der Waals surface area contributed by atoms with E-state index >= 15 is 0 Å². The number of hydrogen-bond donors (Lipinski definition) is 1. The molecule has 0 aromatic heterocycles. The van der Waals surface area contributed by atoms with Gasteiger partial charge >= 0.3 is 0 Å². The zero-order valence-corrected chi connectivity index (χ0v) is 25.0. The van der Waals surface area contributed by atoms with Crippen LogP contribution in [0.4, 0.5) is 0 Å². The van der Waals surface area contributed by atoms with Gasteiger partial charge in [-0.05, 0) is 60.7 Å². The minimum Gasteiger partial charge on any atom is -0.346 e. The summed E-state index contributed by atoms with van der Waals surface area (Å²) in [5.74, 6) is -0.980. The van der Waals surface area contributed by atoms with Gasteiger partial charge in [-0.15, -0.1) is 0 Å². The van der Waals surface area contributed by atoms with Crippen molar-refractivity contribution in [2.45, 2.75) is 31.2 Å². The van der Waals surface area contributed by atoms with Crippen LogP contribution in [0.25, 0.3) is 0 Å². The molecule has 3 aromatic rings. The normalized spacial score (nSPS) is 11.2. The molecule has 0 fully saturated rings. The zero-order chi connectivity index (χ0) is 30.0. The SMILES string of the molecule is [CH2]CCN(Cc1ccc(C#N)cc1)C(=O)CNC(=O)CN(CCc1ccccc1)S(=O)(=O)c1ccc(Cl)c(C)c1Cl. The second kappa shape index (κ2) is 15.0. The number of carbonyl (C=O) groups is 2. The summed E-state index contributed by atoms with van der Waals surface area (Å²) >= 11 is 12.5. The van der Waals surface area contributed by atoms with E-state index in [1.165, 1.54) is 12.1 Å². The molecule has 11 heteroatoms. The van der Waals surface area contributed by atoms with Crippen LogP contribution in [0.2, 0.25) is 10.0 Å². The molecule has 0 atom stereocenters. The number of hydrogen-bond acceptors (Lipinski definition) is 5. The molecule has 3 aromatic carbocycles. The topological polar surface area (TPSA) is 111 Å². The number of nitriles is 1. The van der Waals surface area contributed by atoms with Gasteiger partial charge in [-0.25, -0.2) is 8.42 Å². The van der Waals surface area contributed by atoms with Crippen molar-refractivity contribution in [2.75, 3.05) is 26.2 Å². The Balaban J connectivity index is 1.73. The fraction of sp³-hybridized carbons (Fsp3) is 0.267. The number of nitrogens with zero attached hydrogens (tertiary/aromatic N) is 3. The molecular formula is C30H31Cl2N4O4S. The molecule has 0 aliphatic rings. The summed E-state index contributed by atoms with van der Waals surface area (Å²) in [6.45, 7) is 5.26. The van der Waals surface area contributed by atoms with E-state index in [0.717, 1.165) is 15.4 Å². The largest absolute Gasteiger partial charge is 0.346 e. The van der Waals surface area contributed by atoms with Crippen molar-refractivity contribution in [1.29, 1.82) is 5.26 Å². The van der Waals surface area contributed by atoms with Gasteiger partial charge in [0.15, 0.2) is 0 Å². The van der Waals surface area contributed by atoms with Crippen molar-refractivity contribution in [3.8, 4) is 6.07 Å². The summed E-state index contributed by atoms with van der Waals surface area (Å²) in [6, 6.07) is 21.0. The first-order chi connectivity index (χ1) is 19.6. The number of rotatable bonds is 13. The van der Waals surface area contributed by atoms with Gasteiger partial charge in [0.25, 0.3) is 0 Å². The fourth-order valence-corrected chi connectivity index (χ4v) is 6.23. The molecule has 0 heterocycles. The molecule has 0 saturated carbocycles. The molecule has 0 spiro atoms. The highest BCUT2D eigenvalue weighted by Gasteiger charge is 2.30. The average Bonchev–Trinajstić information content (AvgIpc) is 2.97. The molecule has 0 unspecified atom stereocenters. The van der Waals surface area contributed by atoms with Gasteiger partial charge in [-0.2, -0.15) is 9.57 Å². The Morgan fingerprint density at radius 3 is 2.29 bits per heavy atom. The van der Waals surface area contributed by atoms with E-state index in [1.807, 2.05) is 30.3 Å². The molecular weight excluding hydrogens is 583 g/mol. The van der Waals surface area contributed by atoms with E-state index < -0.39 is 22.5 Å². The second-order valence-corrected chi connectivity index (χ2v) is 12.0. The number of benzene rings is 3. The molecule has 3 rings (SSSR count). The number of carbonyl (C=O) groups excluding carboxylic acids is 2. The van der Waals surface area contributed by atoms with Crippen LogP contribution >= 0.6 is 23.2 Å². The predicted octanol–water partition coefficient (Wildman–Crippen LogP) is 4.78. The minimum atomic E-state index is -4.19. The van der Waals surface area contributed by atoms with E-state index in [4.69, 9.17) is 28.5 Å². The molecule has 1 radical (unpaired) electrons. The highest BCUT2D eigenvalue weighted by molar-refractivity contribution is 7.89. The molecule has 8 nitrogen and oxygen atoms in total. The van der Waals surface area contributed by atoms with E-state index in [-0.39, 0.29) is 35.5 Å². The first-order valence-electron chi connectivity index (χ1n) is 12.9. The van der Waals surface area contributed by atoms with E-state index in [2.05, 4.69) is 18.3 Å². The van der Waals surface area contributed by atoms with Crippen molar-refractivity contribution >= 4 is 45.0 Å².